The molecule has 3 aliphatic heterocycles. The molecule has 37 heavy (non-hydrogen) atoms. The third-order valence-corrected chi connectivity index (χ3v) is 8.30. The molecule has 2 fully saturated rings. The highest BCUT2D eigenvalue weighted by Gasteiger charge is 2.38. The summed E-state index contributed by atoms with van der Waals surface area (Å²) in [5.41, 5.74) is 8.27. The lowest BCUT2D eigenvalue weighted by Gasteiger charge is -2.44. The van der Waals surface area contributed by atoms with Gasteiger partial charge >= 0.3 is 0 Å². The molecule has 3 atom stereocenters. The van der Waals surface area contributed by atoms with Crippen LogP contribution in [0.3, 0.4) is 0 Å². The van der Waals surface area contributed by atoms with Crippen molar-refractivity contribution >= 4 is 17.4 Å². The van der Waals surface area contributed by atoms with Crippen LogP contribution in [0.25, 0.3) is 0 Å². The zero-order valence-electron chi connectivity index (χ0n) is 22.2. The van der Waals surface area contributed by atoms with E-state index in [2.05, 4.69) is 16.0 Å². The number of nitrogens with zero attached hydrogens (tertiary/aromatic N) is 2. The van der Waals surface area contributed by atoms with E-state index in [-0.39, 0.29) is 35.9 Å². The van der Waals surface area contributed by atoms with Crippen LogP contribution in [0.1, 0.15) is 61.6 Å². The van der Waals surface area contributed by atoms with Crippen LogP contribution in [0.2, 0.25) is 0 Å². The fourth-order valence-corrected chi connectivity index (χ4v) is 6.23. The number of carbonyl (C=O) groups is 1. The molecule has 3 unspecified atom stereocenters. The molecule has 1 amide bonds. The number of amides is 1. The number of likely N-dealkylation sites (tertiary alicyclic amines) is 1. The maximum atomic E-state index is 14.3. The summed E-state index contributed by atoms with van der Waals surface area (Å²) < 4.78 is 28.6. The van der Waals surface area contributed by atoms with E-state index in [0.717, 1.165) is 50.8 Å². The van der Waals surface area contributed by atoms with Crippen molar-refractivity contribution in [2.75, 3.05) is 57.8 Å². The molecular formula is C27H43F2N7O. The first kappa shape index (κ1) is 27.9. The molecule has 6 N–H and O–H groups in total. The molecule has 0 saturated carbocycles. The van der Waals surface area contributed by atoms with Crippen molar-refractivity contribution in [1.82, 2.24) is 20.9 Å². The monoisotopic (exact) mass is 519 g/mol. The maximum absolute atomic E-state index is 14.3. The molecule has 206 valence electrons. The van der Waals surface area contributed by atoms with Crippen LogP contribution in [0.5, 0.6) is 0 Å². The topological polar surface area (TPSA) is 110 Å². The second kappa shape index (κ2) is 12.6. The van der Waals surface area contributed by atoms with Gasteiger partial charge in [0.25, 0.3) is 6.43 Å². The Morgan fingerprint density at radius 3 is 2.62 bits per heavy atom. The number of hydrogen-bond acceptors (Lipinski definition) is 6. The maximum Gasteiger partial charge on any atom is 0.264 e. The Morgan fingerprint density at radius 2 is 1.97 bits per heavy atom. The molecular weight excluding hydrogens is 476 g/mol. The number of nitrogens with one attached hydrogen (secondary N) is 4. The van der Waals surface area contributed by atoms with Gasteiger partial charge in [-0.25, -0.2) is 8.78 Å². The number of likely N-dealkylation sites (N-methyl/N-ethyl adjacent to an activating group) is 1. The number of alkyl halides is 2. The van der Waals surface area contributed by atoms with Gasteiger partial charge in [-0.2, -0.15) is 0 Å². The molecule has 0 aliphatic carbocycles. The second-order valence-electron chi connectivity index (χ2n) is 10.7. The van der Waals surface area contributed by atoms with Gasteiger partial charge in [-0.3, -0.25) is 10.2 Å². The smallest absolute Gasteiger partial charge is 0.264 e. The fraction of sp³-hybridized carbons (Fsp3) is 0.704. The highest BCUT2D eigenvalue weighted by molar-refractivity contribution is 5.99. The van der Waals surface area contributed by atoms with E-state index >= 15 is 0 Å². The van der Waals surface area contributed by atoms with E-state index < -0.39 is 6.43 Å². The Bertz CT molecular complexity index is 953. The molecule has 1 aromatic rings. The van der Waals surface area contributed by atoms with Gasteiger partial charge in [-0.15, -0.1) is 0 Å². The van der Waals surface area contributed by atoms with E-state index in [4.69, 9.17) is 5.73 Å². The van der Waals surface area contributed by atoms with Gasteiger partial charge in [-0.05, 0) is 69.4 Å². The highest BCUT2D eigenvalue weighted by atomic mass is 19.3. The van der Waals surface area contributed by atoms with Crippen molar-refractivity contribution in [3.05, 3.63) is 28.8 Å². The number of anilines is 1. The van der Waals surface area contributed by atoms with E-state index in [0.29, 0.717) is 49.3 Å². The van der Waals surface area contributed by atoms with Gasteiger partial charge in [0.2, 0.25) is 5.91 Å². The van der Waals surface area contributed by atoms with E-state index in [1.165, 1.54) is 0 Å². The largest absolute Gasteiger partial charge is 0.342 e. The lowest BCUT2D eigenvalue weighted by Crippen LogP contribution is -2.59. The molecule has 0 spiro atoms. The average Bonchev–Trinajstić information content (AvgIpc) is 2.90. The number of piperidine rings is 2. The number of hydrogen-bond donors (Lipinski definition) is 5. The van der Waals surface area contributed by atoms with Crippen LogP contribution < -0.4 is 26.6 Å². The number of benzene rings is 1. The number of amidine groups is 1. The Balaban J connectivity index is 1.65. The number of nitrogens with two attached hydrogens (primary N) is 1. The first-order valence-electron chi connectivity index (χ1n) is 13.7. The van der Waals surface area contributed by atoms with Crippen LogP contribution >= 0.6 is 0 Å². The number of aryl methyl sites for hydroxylation is 1. The summed E-state index contributed by atoms with van der Waals surface area (Å²) in [6.45, 7) is 6.09. The Hall–Kier alpha value is -2.14. The SMILES string of the molecule is CNCC(CN)c1cc2c(cc1C(F)F)N(C(=N)C1CN(C(C)=O)CCC1NC1CCNCC1)CCC2. The van der Waals surface area contributed by atoms with Crippen LogP contribution in [0.15, 0.2) is 12.1 Å². The predicted octanol–water partition coefficient (Wildman–Crippen LogP) is 2.19. The molecule has 8 nitrogen and oxygen atoms in total. The zero-order valence-corrected chi connectivity index (χ0v) is 22.2. The molecule has 3 aliphatic rings. The van der Waals surface area contributed by atoms with Gasteiger partial charge < -0.3 is 31.5 Å². The van der Waals surface area contributed by atoms with Crippen molar-refractivity contribution in [2.24, 2.45) is 11.7 Å². The normalized spacial score (nSPS) is 23.7. The van der Waals surface area contributed by atoms with Crippen LogP contribution in [-0.2, 0) is 11.2 Å². The van der Waals surface area contributed by atoms with Crippen molar-refractivity contribution in [1.29, 1.82) is 5.41 Å². The number of carbonyl (C=O) groups excluding carboxylic acids is 1. The summed E-state index contributed by atoms with van der Waals surface area (Å²) in [6.07, 6.45) is 1.86. The van der Waals surface area contributed by atoms with Crippen LogP contribution in [0, 0.1) is 11.3 Å². The molecule has 1 aromatic carbocycles. The third kappa shape index (κ3) is 6.30. The van der Waals surface area contributed by atoms with Crippen molar-refractivity contribution in [3.8, 4) is 0 Å². The summed E-state index contributed by atoms with van der Waals surface area (Å²) in [4.78, 5) is 16.0. The van der Waals surface area contributed by atoms with Gasteiger partial charge in [-0.1, -0.05) is 6.07 Å². The van der Waals surface area contributed by atoms with E-state index in [1.54, 1.807) is 20.0 Å². The minimum Gasteiger partial charge on any atom is -0.342 e. The first-order valence-corrected chi connectivity index (χ1v) is 13.7. The van der Waals surface area contributed by atoms with Gasteiger partial charge in [0.15, 0.2) is 0 Å². The van der Waals surface area contributed by atoms with Crippen molar-refractivity contribution in [2.45, 2.75) is 63.5 Å². The summed E-state index contributed by atoms with van der Waals surface area (Å²) in [6, 6.07) is 3.95. The number of halogens is 2. The van der Waals surface area contributed by atoms with Crippen molar-refractivity contribution < 1.29 is 13.6 Å². The summed E-state index contributed by atoms with van der Waals surface area (Å²) in [7, 11) is 1.80. The lowest BCUT2D eigenvalue weighted by atomic mass is 9.86. The average molecular weight is 520 g/mol. The molecule has 2 saturated heterocycles. The predicted molar refractivity (Wildman–Crippen MR) is 144 cm³/mol. The molecule has 10 heteroatoms. The van der Waals surface area contributed by atoms with Gasteiger partial charge in [0, 0.05) is 74.8 Å². The molecule has 0 radical (unpaired) electrons. The third-order valence-electron chi connectivity index (χ3n) is 8.30. The minimum atomic E-state index is -2.62. The van der Waals surface area contributed by atoms with Crippen LogP contribution in [-0.4, -0.2) is 81.6 Å². The Morgan fingerprint density at radius 1 is 1.22 bits per heavy atom. The van der Waals surface area contributed by atoms with Crippen molar-refractivity contribution in [3.63, 3.8) is 0 Å². The molecule has 3 heterocycles. The number of fused-ring (bicyclic) bond motifs is 1. The van der Waals surface area contributed by atoms with Gasteiger partial charge in [0.1, 0.15) is 5.84 Å². The fourth-order valence-electron chi connectivity index (χ4n) is 6.23. The highest BCUT2D eigenvalue weighted by Crippen LogP contribution is 2.38. The summed E-state index contributed by atoms with van der Waals surface area (Å²) >= 11 is 0. The zero-order chi connectivity index (χ0) is 26.5. The molecule has 0 bridgehead atoms. The van der Waals surface area contributed by atoms with Gasteiger partial charge in [0.05, 0.1) is 0 Å². The van der Waals surface area contributed by atoms with E-state index in [1.807, 2.05) is 15.9 Å². The van der Waals surface area contributed by atoms with E-state index in [9.17, 15) is 19.0 Å². The Kier molecular flexibility index (Phi) is 9.50. The standard InChI is InChI=1S/C27H43F2N7O/c1-17(37)35-11-7-24(34-20-5-8-33-9-6-20)23(16-35)27(31)36-10-3-4-18-12-21(19(14-30)15-32-2)22(26(28)29)13-25(18)36/h12-13,19-20,23-24,26,31-34H,3-11,14-16,30H2,1-2H3. The second-order valence-corrected chi connectivity index (χ2v) is 10.7. The van der Waals surface area contributed by atoms with Crippen LogP contribution in [0.4, 0.5) is 14.5 Å². The molecule has 0 aromatic heterocycles. The molecule has 4 rings (SSSR count). The lowest BCUT2D eigenvalue weighted by molar-refractivity contribution is -0.130. The first-order chi connectivity index (χ1) is 17.8. The Labute approximate surface area is 219 Å². The summed E-state index contributed by atoms with van der Waals surface area (Å²) in [5.74, 6) is 0.0282. The summed E-state index contributed by atoms with van der Waals surface area (Å²) in [5, 5.41) is 19.6. The number of rotatable bonds is 8. The quantitative estimate of drug-likeness (QED) is 0.266. The minimum absolute atomic E-state index is 0.00235.